The average Bonchev–Trinajstić information content (AvgIpc) is 2.67. The molecule has 0 aromatic heterocycles. The van der Waals surface area contributed by atoms with Crippen molar-refractivity contribution in [2.24, 2.45) is 0 Å². The Morgan fingerprint density at radius 2 is 2.08 bits per heavy atom. The molecule has 1 aromatic rings. The molecule has 2 fully saturated rings. The Bertz CT molecular complexity index is 590. The fourth-order valence-corrected chi connectivity index (χ4v) is 3.73. The second kappa shape index (κ2) is 8.63. The van der Waals surface area contributed by atoms with Gasteiger partial charge in [0, 0.05) is 32.2 Å². The van der Waals surface area contributed by atoms with E-state index in [1.807, 2.05) is 4.90 Å². The fraction of sp³-hybridized carbons (Fsp3) is 0.632. The summed E-state index contributed by atoms with van der Waals surface area (Å²) in [5.41, 5.74) is 0.320. The number of piperidine rings is 1. The normalized spacial score (nSPS) is 22.0. The van der Waals surface area contributed by atoms with E-state index in [1.54, 1.807) is 0 Å². The van der Waals surface area contributed by atoms with Gasteiger partial charge < -0.3 is 14.4 Å². The van der Waals surface area contributed by atoms with Crippen LogP contribution in [-0.4, -0.2) is 68.3 Å². The molecule has 1 amide bonds. The first kappa shape index (κ1) is 18.1. The zero-order chi connectivity index (χ0) is 17.6. The number of benzene rings is 1. The highest BCUT2D eigenvalue weighted by Crippen LogP contribution is 2.27. The number of rotatable bonds is 5. The molecule has 2 aliphatic rings. The molecule has 2 heterocycles. The van der Waals surface area contributed by atoms with Gasteiger partial charge in [-0.1, -0.05) is 0 Å². The van der Waals surface area contributed by atoms with Crippen molar-refractivity contribution in [3.05, 3.63) is 29.6 Å². The summed E-state index contributed by atoms with van der Waals surface area (Å²) in [6, 6.07) is 4.34. The number of carbonyl (C=O) groups excluding carboxylic acids is 1. The van der Waals surface area contributed by atoms with Gasteiger partial charge in [0.2, 0.25) is 0 Å². The third-order valence-corrected chi connectivity index (χ3v) is 5.16. The second-order valence-electron chi connectivity index (χ2n) is 6.74. The number of carbonyl (C=O) groups is 1. The molecule has 0 radical (unpaired) electrons. The molecule has 1 unspecified atom stereocenters. The molecule has 25 heavy (non-hydrogen) atoms. The van der Waals surface area contributed by atoms with Crippen molar-refractivity contribution in [3.63, 3.8) is 0 Å². The molecule has 0 bridgehead atoms. The van der Waals surface area contributed by atoms with Crippen molar-refractivity contribution in [1.29, 1.82) is 0 Å². The predicted octanol–water partition coefficient (Wildman–Crippen LogP) is 2.55. The molecule has 2 saturated heterocycles. The van der Waals surface area contributed by atoms with Crippen molar-refractivity contribution in [1.82, 2.24) is 9.80 Å². The Labute approximate surface area is 148 Å². The van der Waals surface area contributed by atoms with Crippen LogP contribution in [0, 0.1) is 5.82 Å². The van der Waals surface area contributed by atoms with Gasteiger partial charge in [0.15, 0.2) is 0 Å². The maximum absolute atomic E-state index is 13.7. The fourth-order valence-electron chi connectivity index (χ4n) is 3.73. The zero-order valence-electron chi connectivity index (χ0n) is 14.9. The third-order valence-electron chi connectivity index (χ3n) is 5.16. The van der Waals surface area contributed by atoms with Gasteiger partial charge in [-0.2, -0.15) is 0 Å². The van der Waals surface area contributed by atoms with E-state index in [0.717, 1.165) is 65.1 Å². The topological polar surface area (TPSA) is 42.0 Å². The molecule has 0 aliphatic carbocycles. The first-order chi connectivity index (χ1) is 12.2. The predicted molar refractivity (Wildman–Crippen MR) is 93.5 cm³/mol. The minimum atomic E-state index is -0.411. The molecular formula is C19H27FN2O3. The number of amides is 1. The summed E-state index contributed by atoms with van der Waals surface area (Å²) in [7, 11) is 1.51. The first-order valence-electron chi connectivity index (χ1n) is 9.13. The molecule has 0 spiro atoms. The van der Waals surface area contributed by atoms with E-state index in [1.165, 1.54) is 25.3 Å². The van der Waals surface area contributed by atoms with E-state index in [0.29, 0.717) is 11.3 Å². The Balaban J connectivity index is 1.69. The zero-order valence-corrected chi connectivity index (χ0v) is 14.9. The van der Waals surface area contributed by atoms with Crippen LogP contribution in [0.2, 0.25) is 0 Å². The standard InChI is InChI=1S/C19H27FN2O3/c1-24-18-6-5-15(20)14-17(18)19(23)22-8-3-2-4-16(22)7-9-21-10-12-25-13-11-21/h5-6,14,16H,2-4,7-13H2,1H3. The monoisotopic (exact) mass is 350 g/mol. The SMILES string of the molecule is COc1ccc(F)cc1C(=O)N1CCCCC1CCN1CCOCC1. The minimum absolute atomic E-state index is 0.122. The average molecular weight is 350 g/mol. The maximum Gasteiger partial charge on any atom is 0.257 e. The van der Waals surface area contributed by atoms with Crippen LogP contribution in [0.3, 0.4) is 0 Å². The maximum atomic E-state index is 13.7. The number of likely N-dealkylation sites (tertiary alicyclic amines) is 1. The van der Waals surface area contributed by atoms with Crippen LogP contribution in [0.1, 0.15) is 36.0 Å². The van der Waals surface area contributed by atoms with Crippen LogP contribution in [0.25, 0.3) is 0 Å². The van der Waals surface area contributed by atoms with Gasteiger partial charge in [0.1, 0.15) is 11.6 Å². The number of halogens is 1. The van der Waals surface area contributed by atoms with Crippen molar-refractivity contribution < 1.29 is 18.7 Å². The van der Waals surface area contributed by atoms with Crippen LogP contribution >= 0.6 is 0 Å². The summed E-state index contributed by atoms with van der Waals surface area (Å²) in [6.07, 6.45) is 4.09. The number of ether oxygens (including phenoxy) is 2. The van der Waals surface area contributed by atoms with Crippen molar-refractivity contribution in [3.8, 4) is 5.75 Å². The number of nitrogens with zero attached hydrogens (tertiary/aromatic N) is 2. The van der Waals surface area contributed by atoms with Crippen LogP contribution in [0.5, 0.6) is 5.75 Å². The molecule has 2 aliphatic heterocycles. The van der Waals surface area contributed by atoms with Gasteiger partial charge in [-0.25, -0.2) is 4.39 Å². The van der Waals surface area contributed by atoms with Gasteiger partial charge in [-0.05, 0) is 43.9 Å². The van der Waals surface area contributed by atoms with Crippen LogP contribution < -0.4 is 4.74 Å². The number of hydrogen-bond donors (Lipinski definition) is 0. The number of methoxy groups -OCH3 is 1. The summed E-state index contributed by atoms with van der Waals surface area (Å²) in [6.45, 7) is 5.18. The van der Waals surface area contributed by atoms with E-state index in [9.17, 15) is 9.18 Å². The molecule has 1 aromatic carbocycles. The molecule has 0 saturated carbocycles. The van der Waals surface area contributed by atoms with E-state index in [-0.39, 0.29) is 11.9 Å². The van der Waals surface area contributed by atoms with Crippen molar-refractivity contribution >= 4 is 5.91 Å². The third kappa shape index (κ3) is 4.50. The van der Waals surface area contributed by atoms with Gasteiger partial charge in [0.25, 0.3) is 5.91 Å². The highest BCUT2D eigenvalue weighted by Gasteiger charge is 2.29. The first-order valence-corrected chi connectivity index (χ1v) is 9.13. The molecule has 0 N–H and O–H groups in total. The van der Waals surface area contributed by atoms with Gasteiger partial charge in [0.05, 0.1) is 25.9 Å². The van der Waals surface area contributed by atoms with E-state index >= 15 is 0 Å². The Hall–Kier alpha value is -1.66. The second-order valence-corrected chi connectivity index (χ2v) is 6.74. The van der Waals surface area contributed by atoms with Crippen LogP contribution in [-0.2, 0) is 4.74 Å². The van der Waals surface area contributed by atoms with Gasteiger partial charge >= 0.3 is 0 Å². The number of hydrogen-bond acceptors (Lipinski definition) is 4. The van der Waals surface area contributed by atoms with Crippen molar-refractivity contribution in [2.45, 2.75) is 31.7 Å². The molecule has 3 rings (SSSR count). The molecular weight excluding hydrogens is 323 g/mol. The Kier molecular flexibility index (Phi) is 6.26. The lowest BCUT2D eigenvalue weighted by molar-refractivity contribution is 0.0295. The highest BCUT2D eigenvalue weighted by molar-refractivity contribution is 5.97. The highest BCUT2D eigenvalue weighted by atomic mass is 19.1. The van der Waals surface area contributed by atoms with Crippen LogP contribution in [0.15, 0.2) is 18.2 Å². The smallest absolute Gasteiger partial charge is 0.257 e. The summed E-state index contributed by atoms with van der Waals surface area (Å²) in [5, 5.41) is 0. The lowest BCUT2D eigenvalue weighted by Gasteiger charge is -2.37. The van der Waals surface area contributed by atoms with Gasteiger partial charge in [-0.15, -0.1) is 0 Å². The quantitative estimate of drug-likeness (QED) is 0.818. The van der Waals surface area contributed by atoms with Gasteiger partial charge in [-0.3, -0.25) is 9.69 Å². The Morgan fingerprint density at radius 3 is 2.84 bits per heavy atom. The largest absolute Gasteiger partial charge is 0.496 e. The van der Waals surface area contributed by atoms with E-state index < -0.39 is 5.82 Å². The number of morpholine rings is 1. The van der Waals surface area contributed by atoms with Crippen molar-refractivity contribution in [2.75, 3.05) is 46.5 Å². The molecule has 6 heteroatoms. The Morgan fingerprint density at radius 1 is 1.28 bits per heavy atom. The summed E-state index contributed by atoms with van der Waals surface area (Å²) in [4.78, 5) is 17.3. The molecule has 5 nitrogen and oxygen atoms in total. The minimum Gasteiger partial charge on any atom is -0.496 e. The van der Waals surface area contributed by atoms with E-state index in [2.05, 4.69) is 4.90 Å². The lowest BCUT2D eigenvalue weighted by atomic mass is 9.97. The summed E-state index contributed by atoms with van der Waals surface area (Å²) in [5.74, 6) is -0.0991. The van der Waals surface area contributed by atoms with Crippen LogP contribution in [0.4, 0.5) is 4.39 Å². The summed E-state index contributed by atoms with van der Waals surface area (Å²) >= 11 is 0. The summed E-state index contributed by atoms with van der Waals surface area (Å²) < 4.78 is 24.3. The van der Waals surface area contributed by atoms with E-state index in [4.69, 9.17) is 9.47 Å². The molecule has 138 valence electrons. The molecule has 1 atom stereocenters. The lowest BCUT2D eigenvalue weighted by Crippen LogP contribution is -2.46.